The predicted molar refractivity (Wildman–Crippen MR) is 80.2 cm³/mol. The summed E-state index contributed by atoms with van der Waals surface area (Å²) in [4.78, 5) is 11.6. The minimum absolute atomic E-state index is 0.213. The average molecular weight is 286 g/mol. The fraction of sp³-hybridized carbons (Fsp3) is 0.588. The Morgan fingerprint density at radius 3 is 2.48 bits per heavy atom. The van der Waals surface area contributed by atoms with Gasteiger partial charge < -0.3 is 16.2 Å². The number of carbonyl (C=O) groups is 1. The van der Waals surface area contributed by atoms with Gasteiger partial charge in [0.25, 0.3) is 5.91 Å². The molecule has 0 saturated heterocycles. The van der Waals surface area contributed by atoms with E-state index in [9.17, 15) is 4.79 Å². The second-order valence-electron chi connectivity index (χ2n) is 7.21. The molecule has 3 saturated carbocycles. The van der Waals surface area contributed by atoms with Gasteiger partial charge >= 0.3 is 0 Å². The third kappa shape index (κ3) is 2.31. The third-order valence-corrected chi connectivity index (χ3v) is 5.33. The summed E-state index contributed by atoms with van der Waals surface area (Å²) in [6, 6.07) is 6.23. The van der Waals surface area contributed by atoms with Crippen LogP contribution in [0.1, 0.15) is 60.4 Å². The van der Waals surface area contributed by atoms with Crippen LogP contribution in [0.2, 0.25) is 0 Å². The third-order valence-electron chi connectivity index (χ3n) is 5.33. The van der Waals surface area contributed by atoms with Gasteiger partial charge in [-0.25, -0.2) is 0 Å². The Morgan fingerprint density at radius 1 is 1.19 bits per heavy atom. The summed E-state index contributed by atoms with van der Waals surface area (Å²) in [5, 5.41) is 0. The van der Waals surface area contributed by atoms with E-state index in [1.165, 1.54) is 18.4 Å². The van der Waals surface area contributed by atoms with E-state index in [0.717, 1.165) is 25.7 Å². The molecular formula is C17H22N2O2. The zero-order valence-electron chi connectivity index (χ0n) is 12.2. The molecule has 1 aromatic rings. The van der Waals surface area contributed by atoms with Crippen LogP contribution in [0, 0.1) is 5.41 Å². The second-order valence-corrected chi connectivity index (χ2v) is 7.21. The molecule has 1 aromatic carbocycles. The molecule has 3 aliphatic rings. The van der Waals surface area contributed by atoms with E-state index < -0.39 is 5.91 Å². The van der Waals surface area contributed by atoms with Crippen molar-refractivity contribution in [1.82, 2.24) is 0 Å². The molecule has 1 spiro atoms. The van der Waals surface area contributed by atoms with Crippen molar-refractivity contribution in [3.63, 3.8) is 0 Å². The average Bonchev–Trinajstić information content (AvgIpc) is 3.18. The molecule has 0 atom stereocenters. The quantitative estimate of drug-likeness (QED) is 0.891. The van der Waals surface area contributed by atoms with Crippen molar-refractivity contribution in [3.8, 4) is 5.75 Å². The second kappa shape index (κ2) is 4.47. The Labute approximate surface area is 124 Å². The summed E-state index contributed by atoms with van der Waals surface area (Å²) in [7, 11) is 0. The van der Waals surface area contributed by atoms with Gasteiger partial charge in [-0.05, 0) is 67.6 Å². The lowest BCUT2D eigenvalue weighted by Crippen LogP contribution is -2.56. The first kappa shape index (κ1) is 13.1. The molecule has 4 N–H and O–H groups in total. The van der Waals surface area contributed by atoms with Crippen molar-refractivity contribution in [2.45, 2.75) is 56.6 Å². The van der Waals surface area contributed by atoms with E-state index in [0.29, 0.717) is 28.7 Å². The maximum atomic E-state index is 11.6. The summed E-state index contributed by atoms with van der Waals surface area (Å²) in [6.07, 6.45) is 7.05. The Morgan fingerprint density at radius 2 is 1.90 bits per heavy atom. The van der Waals surface area contributed by atoms with Crippen LogP contribution < -0.4 is 16.2 Å². The molecule has 3 fully saturated rings. The highest BCUT2D eigenvalue weighted by molar-refractivity contribution is 5.95. The van der Waals surface area contributed by atoms with Gasteiger partial charge in [-0.15, -0.1) is 0 Å². The van der Waals surface area contributed by atoms with Crippen molar-refractivity contribution >= 4 is 5.91 Å². The molecule has 0 unspecified atom stereocenters. The molecule has 3 aliphatic carbocycles. The van der Waals surface area contributed by atoms with Crippen molar-refractivity contribution in [2.75, 3.05) is 0 Å². The maximum Gasteiger partial charge on any atom is 0.252 e. The van der Waals surface area contributed by atoms with Crippen LogP contribution in [-0.2, 0) is 0 Å². The first-order chi connectivity index (χ1) is 10.0. The molecule has 1 amide bonds. The molecule has 0 heterocycles. The van der Waals surface area contributed by atoms with Crippen LogP contribution in [0.5, 0.6) is 5.75 Å². The van der Waals surface area contributed by atoms with Gasteiger partial charge in [0.15, 0.2) is 0 Å². The lowest BCUT2D eigenvalue weighted by atomic mass is 9.53. The minimum atomic E-state index is -0.410. The summed E-state index contributed by atoms with van der Waals surface area (Å²) < 4.78 is 6.09. The number of amides is 1. The van der Waals surface area contributed by atoms with Gasteiger partial charge in [0.05, 0.1) is 11.7 Å². The number of hydrogen-bond donors (Lipinski definition) is 2. The molecule has 4 rings (SSSR count). The first-order valence-corrected chi connectivity index (χ1v) is 7.91. The predicted octanol–water partition coefficient (Wildman–Crippen LogP) is 2.31. The van der Waals surface area contributed by atoms with Crippen LogP contribution >= 0.6 is 0 Å². The highest BCUT2D eigenvalue weighted by atomic mass is 16.5. The summed E-state index contributed by atoms with van der Waals surface area (Å²) in [5.41, 5.74) is 13.6. The molecule has 0 radical (unpaired) electrons. The number of benzene rings is 1. The number of primary amides is 1. The molecule has 112 valence electrons. The minimum Gasteiger partial charge on any atom is -0.490 e. The van der Waals surface area contributed by atoms with Gasteiger partial charge in [-0.3, -0.25) is 4.79 Å². The van der Waals surface area contributed by atoms with Gasteiger partial charge in [-0.1, -0.05) is 6.07 Å². The number of hydrogen-bond acceptors (Lipinski definition) is 3. The highest BCUT2D eigenvalue weighted by Gasteiger charge is 2.53. The summed E-state index contributed by atoms with van der Waals surface area (Å²) >= 11 is 0. The first-order valence-electron chi connectivity index (χ1n) is 7.91. The molecular weight excluding hydrogens is 264 g/mol. The highest BCUT2D eigenvalue weighted by Crippen LogP contribution is 2.56. The van der Waals surface area contributed by atoms with Gasteiger partial charge in [0, 0.05) is 6.04 Å². The zero-order chi connectivity index (χ0) is 14.6. The van der Waals surface area contributed by atoms with Crippen molar-refractivity contribution in [1.29, 1.82) is 0 Å². The molecule has 21 heavy (non-hydrogen) atoms. The smallest absolute Gasteiger partial charge is 0.252 e. The van der Waals surface area contributed by atoms with E-state index in [1.54, 1.807) is 0 Å². The fourth-order valence-electron chi connectivity index (χ4n) is 4.07. The van der Waals surface area contributed by atoms with Gasteiger partial charge in [0.2, 0.25) is 0 Å². The normalized spacial score (nSPS) is 34.1. The van der Waals surface area contributed by atoms with E-state index in [2.05, 4.69) is 0 Å². The largest absolute Gasteiger partial charge is 0.490 e. The molecule has 4 nitrogen and oxygen atoms in total. The number of nitrogens with two attached hydrogens (primary N) is 2. The van der Waals surface area contributed by atoms with Crippen LogP contribution in [0.4, 0.5) is 0 Å². The monoisotopic (exact) mass is 286 g/mol. The van der Waals surface area contributed by atoms with E-state index >= 15 is 0 Å². The van der Waals surface area contributed by atoms with Crippen LogP contribution in [0.15, 0.2) is 18.2 Å². The summed E-state index contributed by atoms with van der Waals surface area (Å²) in [5.74, 6) is 0.911. The van der Waals surface area contributed by atoms with Gasteiger partial charge in [-0.2, -0.15) is 0 Å². The number of ether oxygens (including phenoxy) is 1. The maximum absolute atomic E-state index is 11.6. The standard InChI is InChI=1S/C17H22N2O2/c18-12-6-17(7-12)8-13(9-17)21-15-5-11(10-1-2-10)3-4-14(15)16(19)20/h3-5,10,12-13H,1-2,6-9,18H2,(H2,19,20). The molecule has 4 heteroatoms. The number of carbonyl (C=O) groups excluding carboxylic acids is 1. The fourth-order valence-corrected chi connectivity index (χ4v) is 4.07. The molecule has 0 bridgehead atoms. The van der Waals surface area contributed by atoms with E-state index in [-0.39, 0.29) is 6.10 Å². The zero-order valence-corrected chi connectivity index (χ0v) is 12.2. The van der Waals surface area contributed by atoms with Gasteiger partial charge in [0.1, 0.15) is 5.75 Å². The van der Waals surface area contributed by atoms with Crippen LogP contribution in [0.3, 0.4) is 0 Å². The Kier molecular flexibility index (Phi) is 2.80. The Bertz CT molecular complexity index is 580. The topological polar surface area (TPSA) is 78.3 Å². The molecule has 0 aromatic heterocycles. The molecule has 0 aliphatic heterocycles. The Hall–Kier alpha value is -1.55. The van der Waals surface area contributed by atoms with Crippen LogP contribution in [-0.4, -0.2) is 18.1 Å². The van der Waals surface area contributed by atoms with Crippen molar-refractivity contribution in [2.24, 2.45) is 16.9 Å². The van der Waals surface area contributed by atoms with E-state index in [1.807, 2.05) is 18.2 Å². The van der Waals surface area contributed by atoms with Crippen LogP contribution in [0.25, 0.3) is 0 Å². The Balaban J connectivity index is 1.48. The van der Waals surface area contributed by atoms with Crippen molar-refractivity contribution in [3.05, 3.63) is 29.3 Å². The lowest BCUT2D eigenvalue weighted by molar-refractivity contribution is -0.0782. The van der Waals surface area contributed by atoms with E-state index in [4.69, 9.17) is 16.2 Å². The number of rotatable bonds is 4. The lowest BCUT2D eigenvalue weighted by Gasteiger charge is -2.56. The SMILES string of the molecule is NC(=O)c1ccc(C2CC2)cc1OC1CC2(CC(N)C2)C1. The summed E-state index contributed by atoms with van der Waals surface area (Å²) in [6.45, 7) is 0. The van der Waals surface area contributed by atoms with Crippen molar-refractivity contribution < 1.29 is 9.53 Å².